The van der Waals surface area contributed by atoms with Crippen LogP contribution in [0.2, 0.25) is 0 Å². The molecule has 0 aliphatic carbocycles. The van der Waals surface area contributed by atoms with E-state index < -0.39 is 0 Å². The quantitative estimate of drug-likeness (QED) is 0.244. The number of piperidine rings is 1. The highest BCUT2D eigenvalue weighted by Crippen LogP contribution is 2.15. The van der Waals surface area contributed by atoms with E-state index in [2.05, 4.69) is 55.2 Å². The molecule has 0 bridgehead atoms. The predicted molar refractivity (Wildman–Crippen MR) is 117 cm³/mol. The molecule has 0 saturated carbocycles. The Labute approximate surface area is 167 Å². The van der Waals surface area contributed by atoms with E-state index in [-0.39, 0.29) is 24.0 Å². The third-order valence-corrected chi connectivity index (χ3v) is 4.76. The van der Waals surface area contributed by atoms with Crippen molar-refractivity contribution in [3.05, 3.63) is 0 Å². The van der Waals surface area contributed by atoms with Crippen LogP contribution < -0.4 is 10.6 Å². The maximum atomic E-state index is 4.70. The molecule has 1 rings (SSSR count). The first-order valence-electron chi connectivity index (χ1n) is 9.47. The van der Waals surface area contributed by atoms with Gasteiger partial charge in [0.1, 0.15) is 0 Å². The second-order valence-corrected chi connectivity index (χ2v) is 7.14. The Kier molecular flexibility index (Phi) is 14.1. The van der Waals surface area contributed by atoms with Gasteiger partial charge in [-0.1, -0.05) is 6.92 Å². The molecule has 0 radical (unpaired) electrons. The summed E-state index contributed by atoms with van der Waals surface area (Å²) < 4.78 is 0. The van der Waals surface area contributed by atoms with Crippen LogP contribution in [0.4, 0.5) is 0 Å². The molecule has 0 aromatic carbocycles. The van der Waals surface area contributed by atoms with Crippen molar-refractivity contribution in [3.63, 3.8) is 0 Å². The maximum absolute atomic E-state index is 4.70. The molecule has 1 heterocycles. The standard InChI is InChI=1S/C18H39N5.HI/c1-6-19-18(21-11-15-22(5)16(2)3)20-10-7-12-23-13-8-17(4)9-14-23;/h16-17H,6-15H2,1-5H3,(H2,19,20,21);1H. The van der Waals surface area contributed by atoms with Crippen molar-refractivity contribution in [3.8, 4) is 0 Å². The lowest BCUT2D eigenvalue weighted by Crippen LogP contribution is -2.42. The highest BCUT2D eigenvalue weighted by atomic mass is 127. The van der Waals surface area contributed by atoms with Crippen molar-refractivity contribution in [1.82, 2.24) is 20.4 Å². The van der Waals surface area contributed by atoms with Crippen LogP contribution in [0, 0.1) is 5.92 Å². The van der Waals surface area contributed by atoms with Gasteiger partial charge in [0, 0.05) is 32.2 Å². The summed E-state index contributed by atoms with van der Waals surface area (Å²) in [5, 5.41) is 6.77. The van der Waals surface area contributed by atoms with Crippen molar-refractivity contribution < 1.29 is 0 Å². The van der Waals surface area contributed by atoms with Crippen LogP contribution in [0.1, 0.15) is 47.0 Å². The Balaban J connectivity index is 0.00000529. The lowest BCUT2D eigenvalue weighted by molar-refractivity contribution is 0.192. The Hall–Kier alpha value is -0.0800. The molecule has 0 spiro atoms. The Morgan fingerprint density at radius 1 is 1.25 bits per heavy atom. The number of likely N-dealkylation sites (tertiary alicyclic amines) is 1. The van der Waals surface area contributed by atoms with Crippen LogP contribution >= 0.6 is 24.0 Å². The van der Waals surface area contributed by atoms with E-state index in [1.807, 2.05) is 0 Å². The van der Waals surface area contributed by atoms with Crippen LogP contribution in [0.3, 0.4) is 0 Å². The van der Waals surface area contributed by atoms with Gasteiger partial charge in [-0.3, -0.25) is 4.99 Å². The number of halogens is 1. The van der Waals surface area contributed by atoms with E-state index in [1.165, 1.54) is 32.5 Å². The molecule has 0 atom stereocenters. The minimum absolute atomic E-state index is 0. The van der Waals surface area contributed by atoms with Gasteiger partial charge in [-0.15, -0.1) is 24.0 Å². The third kappa shape index (κ3) is 10.7. The first-order chi connectivity index (χ1) is 11.0. The van der Waals surface area contributed by atoms with Crippen LogP contribution in [-0.4, -0.2) is 74.7 Å². The number of hydrogen-bond acceptors (Lipinski definition) is 3. The van der Waals surface area contributed by atoms with Gasteiger partial charge in [-0.2, -0.15) is 0 Å². The van der Waals surface area contributed by atoms with Crippen LogP contribution in [0.25, 0.3) is 0 Å². The minimum Gasteiger partial charge on any atom is -0.357 e. The zero-order valence-electron chi connectivity index (χ0n) is 16.5. The first kappa shape index (κ1) is 23.9. The van der Waals surface area contributed by atoms with Gasteiger partial charge in [0.2, 0.25) is 0 Å². The number of guanidine groups is 1. The summed E-state index contributed by atoms with van der Waals surface area (Å²) in [6.07, 6.45) is 3.87. The second-order valence-electron chi connectivity index (χ2n) is 7.14. The molecular weight excluding hydrogens is 413 g/mol. The monoisotopic (exact) mass is 453 g/mol. The van der Waals surface area contributed by atoms with Gasteiger partial charge < -0.3 is 20.4 Å². The Morgan fingerprint density at radius 2 is 1.92 bits per heavy atom. The fourth-order valence-corrected chi connectivity index (χ4v) is 2.72. The zero-order valence-corrected chi connectivity index (χ0v) is 18.8. The van der Waals surface area contributed by atoms with Crippen molar-refractivity contribution >= 4 is 29.9 Å². The van der Waals surface area contributed by atoms with E-state index in [4.69, 9.17) is 4.99 Å². The molecule has 1 aliphatic heterocycles. The average Bonchev–Trinajstić information content (AvgIpc) is 2.52. The molecular formula is C18H40IN5. The van der Waals surface area contributed by atoms with E-state index in [0.717, 1.165) is 44.5 Å². The molecule has 5 nitrogen and oxygen atoms in total. The van der Waals surface area contributed by atoms with Crippen molar-refractivity contribution in [2.24, 2.45) is 10.9 Å². The number of nitrogens with one attached hydrogen (secondary N) is 2. The molecule has 1 saturated heterocycles. The number of rotatable bonds is 9. The minimum atomic E-state index is 0. The fourth-order valence-electron chi connectivity index (χ4n) is 2.72. The normalized spacial score (nSPS) is 17.2. The summed E-state index contributed by atoms with van der Waals surface area (Å²) in [6, 6.07) is 0.587. The Morgan fingerprint density at radius 3 is 2.50 bits per heavy atom. The molecule has 2 N–H and O–H groups in total. The first-order valence-corrected chi connectivity index (χ1v) is 9.47. The summed E-state index contributed by atoms with van der Waals surface area (Å²) in [5.74, 6) is 1.87. The van der Waals surface area contributed by atoms with Crippen LogP contribution in [0.5, 0.6) is 0 Å². The van der Waals surface area contributed by atoms with Gasteiger partial charge in [-0.05, 0) is 72.6 Å². The van der Waals surface area contributed by atoms with Gasteiger partial charge in [0.05, 0.1) is 0 Å². The van der Waals surface area contributed by atoms with Crippen LogP contribution in [-0.2, 0) is 0 Å². The topological polar surface area (TPSA) is 42.9 Å². The third-order valence-electron chi connectivity index (χ3n) is 4.76. The summed E-state index contributed by atoms with van der Waals surface area (Å²) in [4.78, 5) is 9.64. The summed E-state index contributed by atoms with van der Waals surface area (Å²) in [5.41, 5.74) is 0. The summed E-state index contributed by atoms with van der Waals surface area (Å²) in [7, 11) is 2.16. The number of nitrogens with zero attached hydrogens (tertiary/aromatic N) is 3. The predicted octanol–water partition coefficient (Wildman–Crippen LogP) is 2.62. The highest BCUT2D eigenvalue weighted by Gasteiger charge is 2.14. The summed E-state index contributed by atoms with van der Waals surface area (Å²) >= 11 is 0. The molecule has 0 unspecified atom stereocenters. The van der Waals surface area contributed by atoms with Crippen molar-refractivity contribution in [2.45, 2.75) is 53.0 Å². The molecule has 1 fully saturated rings. The lowest BCUT2D eigenvalue weighted by atomic mass is 9.99. The van der Waals surface area contributed by atoms with E-state index in [1.54, 1.807) is 0 Å². The molecule has 6 heteroatoms. The lowest BCUT2D eigenvalue weighted by Gasteiger charge is -2.29. The SMILES string of the molecule is CCNC(=NCCCN1CCC(C)CC1)NCCN(C)C(C)C.I. The molecule has 0 aromatic heterocycles. The molecule has 1 aliphatic rings. The number of likely N-dealkylation sites (N-methyl/N-ethyl adjacent to an activating group) is 1. The van der Waals surface area contributed by atoms with Crippen LogP contribution in [0.15, 0.2) is 4.99 Å². The van der Waals surface area contributed by atoms with Gasteiger partial charge in [0.15, 0.2) is 5.96 Å². The van der Waals surface area contributed by atoms with Gasteiger partial charge >= 0.3 is 0 Å². The number of aliphatic imine (C=N–C) groups is 1. The molecule has 0 amide bonds. The molecule has 0 aromatic rings. The number of hydrogen-bond donors (Lipinski definition) is 2. The zero-order chi connectivity index (χ0) is 17.1. The highest BCUT2D eigenvalue weighted by molar-refractivity contribution is 14.0. The van der Waals surface area contributed by atoms with Crippen molar-refractivity contribution in [1.29, 1.82) is 0 Å². The second kappa shape index (κ2) is 14.1. The van der Waals surface area contributed by atoms with E-state index in [9.17, 15) is 0 Å². The van der Waals surface area contributed by atoms with Gasteiger partial charge in [0.25, 0.3) is 0 Å². The van der Waals surface area contributed by atoms with E-state index in [0.29, 0.717) is 6.04 Å². The molecule has 24 heavy (non-hydrogen) atoms. The summed E-state index contributed by atoms with van der Waals surface area (Å²) in [6.45, 7) is 16.4. The Bertz CT molecular complexity index is 327. The largest absolute Gasteiger partial charge is 0.357 e. The van der Waals surface area contributed by atoms with Gasteiger partial charge in [-0.25, -0.2) is 0 Å². The smallest absolute Gasteiger partial charge is 0.191 e. The molecule has 144 valence electrons. The fraction of sp³-hybridized carbons (Fsp3) is 0.944. The maximum Gasteiger partial charge on any atom is 0.191 e. The average molecular weight is 453 g/mol. The van der Waals surface area contributed by atoms with Crippen molar-refractivity contribution in [2.75, 3.05) is 52.9 Å². The van der Waals surface area contributed by atoms with E-state index >= 15 is 0 Å².